The van der Waals surface area contributed by atoms with E-state index in [1.54, 1.807) is 0 Å². The van der Waals surface area contributed by atoms with Crippen molar-refractivity contribution in [3.8, 4) is 0 Å². The zero-order valence-electron chi connectivity index (χ0n) is 13.8. The predicted molar refractivity (Wildman–Crippen MR) is 79.3 cm³/mol. The van der Waals surface area contributed by atoms with E-state index in [0.717, 1.165) is 25.1 Å². The van der Waals surface area contributed by atoms with E-state index < -0.39 is 18.2 Å². The molecule has 130 valence electrons. The Hall–Kier alpha value is -1.06. The van der Waals surface area contributed by atoms with E-state index >= 15 is 0 Å². The van der Waals surface area contributed by atoms with Crippen LogP contribution in [0, 0.1) is 0 Å². The molecule has 0 radical (unpaired) electrons. The van der Waals surface area contributed by atoms with Crippen LogP contribution in [0.25, 0.3) is 0 Å². The molecule has 0 spiro atoms. The molecule has 3 rings (SSSR count). The molecular weight excluding hydrogens is 302 g/mol. The Balaban J connectivity index is 1.56. The molecule has 2 aliphatic heterocycles. The summed E-state index contributed by atoms with van der Waals surface area (Å²) >= 11 is 0. The Morgan fingerprint density at radius 2 is 2.13 bits per heavy atom. The summed E-state index contributed by atoms with van der Waals surface area (Å²) in [5.41, 5.74) is 0.742. The van der Waals surface area contributed by atoms with E-state index in [1.165, 1.54) is 0 Å². The maximum atomic E-state index is 9.43. The van der Waals surface area contributed by atoms with Crippen LogP contribution in [-0.4, -0.2) is 57.1 Å². The van der Waals surface area contributed by atoms with Crippen LogP contribution < -0.4 is 0 Å². The fourth-order valence-corrected chi connectivity index (χ4v) is 2.92. The molecule has 0 aliphatic carbocycles. The van der Waals surface area contributed by atoms with Crippen molar-refractivity contribution in [2.75, 3.05) is 6.61 Å². The van der Waals surface area contributed by atoms with Gasteiger partial charge in [-0.15, -0.1) is 5.10 Å². The van der Waals surface area contributed by atoms with Crippen LogP contribution >= 0.6 is 0 Å². The third kappa shape index (κ3) is 3.72. The maximum Gasteiger partial charge on any atom is 0.187 e. The number of fused-ring (bicyclic) bond motifs is 1. The van der Waals surface area contributed by atoms with Crippen molar-refractivity contribution in [3.63, 3.8) is 0 Å². The molecule has 8 nitrogen and oxygen atoms in total. The summed E-state index contributed by atoms with van der Waals surface area (Å²) in [5.74, 6) is -0.697. The van der Waals surface area contributed by atoms with E-state index in [-0.39, 0.29) is 25.4 Å². The lowest BCUT2D eigenvalue weighted by molar-refractivity contribution is -0.239. The van der Waals surface area contributed by atoms with Gasteiger partial charge in [-0.2, -0.15) is 0 Å². The standard InChI is InChI=1S/C15H25N3O5/c1-4-5-6-18-7-10(16-17-18)9-20-14-13-12(11(8-19)21-14)22-15(2,3)23-13/h7,11-14,19H,4-6,8-9H2,1-3H3/t11-,12-,13-,14-/m1/s1. The molecule has 3 heterocycles. The van der Waals surface area contributed by atoms with E-state index in [2.05, 4.69) is 17.2 Å². The molecule has 4 atom stereocenters. The number of aromatic nitrogens is 3. The van der Waals surface area contributed by atoms with Crippen molar-refractivity contribution >= 4 is 0 Å². The molecule has 0 unspecified atom stereocenters. The molecule has 2 fully saturated rings. The minimum absolute atomic E-state index is 0.131. The van der Waals surface area contributed by atoms with Gasteiger partial charge < -0.3 is 24.1 Å². The summed E-state index contributed by atoms with van der Waals surface area (Å²) in [4.78, 5) is 0. The predicted octanol–water partition coefficient (Wildman–Crippen LogP) is 0.832. The number of aliphatic hydroxyl groups is 1. The molecule has 0 bridgehead atoms. The van der Waals surface area contributed by atoms with Gasteiger partial charge in [-0.3, -0.25) is 4.68 Å². The first-order valence-electron chi connectivity index (χ1n) is 8.15. The average molecular weight is 327 g/mol. The van der Waals surface area contributed by atoms with Crippen LogP contribution in [0.1, 0.15) is 39.3 Å². The third-order valence-electron chi connectivity index (χ3n) is 4.01. The first-order valence-corrected chi connectivity index (χ1v) is 8.15. The van der Waals surface area contributed by atoms with E-state index in [0.29, 0.717) is 0 Å². The zero-order chi connectivity index (χ0) is 16.4. The number of aliphatic hydroxyl groups excluding tert-OH is 1. The molecule has 2 saturated heterocycles. The fraction of sp³-hybridized carbons (Fsp3) is 0.867. The first kappa shape index (κ1) is 16.8. The topological polar surface area (TPSA) is 87.9 Å². The second-order valence-corrected chi connectivity index (χ2v) is 6.43. The van der Waals surface area contributed by atoms with Gasteiger partial charge in [-0.1, -0.05) is 18.6 Å². The second-order valence-electron chi connectivity index (χ2n) is 6.43. The molecular formula is C15H25N3O5. The van der Waals surface area contributed by atoms with Gasteiger partial charge in [0, 0.05) is 6.54 Å². The monoisotopic (exact) mass is 327 g/mol. The zero-order valence-corrected chi connectivity index (χ0v) is 13.8. The summed E-state index contributed by atoms with van der Waals surface area (Å²) < 4.78 is 24.9. The second kappa shape index (κ2) is 6.82. The molecule has 8 heteroatoms. The molecule has 23 heavy (non-hydrogen) atoms. The molecule has 1 aromatic heterocycles. The van der Waals surface area contributed by atoms with Crippen LogP contribution in [0.15, 0.2) is 6.20 Å². The Morgan fingerprint density at radius 1 is 1.35 bits per heavy atom. The van der Waals surface area contributed by atoms with Gasteiger partial charge in [0.15, 0.2) is 12.1 Å². The Bertz CT molecular complexity index is 521. The van der Waals surface area contributed by atoms with E-state index in [4.69, 9.17) is 18.9 Å². The van der Waals surface area contributed by atoms with Crippen LogP contribution in [0.2, 0.25) is 0 Å². The van der Waals surface area contributed by atoms with Crippen molar-refractivity contribution in [1.29, 1.82) is 0 Å². The number of hydrogen-bond donors (Lipinski definition) is 1. The minimum Gasteiger partial charge on any atom is -0.394 e. The van der Waals surface area contributed by atoms with Crippen molar-refractivity contribution in [2.24, 2.45) is 0 Å². The smallest absolute Gasteiger partial charge is 0.187 e. The first-order chi connectivity index (χ1) is 11.0. The number of unbranched alkanes of at least 4 members (excludes halogenated alkanes) is 1. The Kier molecular flexibility index (Phi) is 4.98. The molecule has 0 saturated carbocycles. The quantitative estimate of drug-likeness (QED) is 0.793. The number of aryl methyl sites for hydroxylation is 1. The summed E-state index contributed by atoms with van der Waals surface area (Å²) in [6.07, 6.45) is 2.36. The van der Waals surface area contributed by atoms with Gasteiger partial charge >= 0.3 is 0 Å². The van der Waals surface area contributed by atoms with Gasteiger partial charge in [-0.05, 0) is 20.3 Å². The largest absolute Gasteiger partial charge is 0.394 e. The lowest BCUT2D eigenvalue weighted by atomic mass is 10.1. The third-order valence-corrected chi connectivity index (χ3v) is 4.01. The Morgan fingerprint density at radius 3 is 2.87 bits per heavy atom. The van der Waals surface area contributed by atoms with Gasteiger partial charge in [0.1, 0.15) is 24.0 Å². The average Bonchev–Trinajstić information content (AvgIpc) is 3.16. The Labute approximate surface area is 135 Å². The highest BCUT2D eigenvalue weighted by Gasteiger charge is 2.55. The molecule has 0 amide bonds. The van der Waals surface area contributed by atoms with Crippen LogP contribution in [0.4, 0.5) is 0 Å². The van der Waals surface area contributed by atoms with Gasteiger partial charge in [0.25, 0.3) is 0 Å². The summed E-state index contributed by atoms with van der Waals surface area (Å²) in [7, 11) is 0. The van der Waals surface area contributed by atoms with Crippen molar-refractivity contribution in [1.82, 2.24) is 15.0 Å². The summed E-state index contributed by atoms with van der Waals surface area (Å²) in [6.45, 7) is 6.82. The molecule has 0 aromatic carbocycles. The number of nitrogens with zero attached hydrogens (tertiary/aromatic N) is 3. The van der Waals surface area contributed by atoms with Crippen LogP contribution in [0.3, 0.4) is 0 Å². The highest BCUT2D eigenvalue weighted by Crippen LogP contribution is 2.39. The van der Waals surface area contributed by atoms with Crippen LogP contribution in [-0.2, 0) is 32.1 Å². The minimum atomic E-state index is -0.697. The number of ether oxygens (including phenoxy) is 4. The van der Waals surface area contributed by atoms with Crippen molar-refractivity contribution < 1.29 is 24.1 Å². The van der Waals surface area contributed by atoms with Gasteiger partial charge in [-0.25, -0.2) is 0 Å². The lowest BCUT2D eigenvalue weighted by Crippen LogP contribution is -2.32. The molecule has 2 aliphatic rings. The lowest BCUT2D eigenvalue weighted by Gasteiger charge is -2.23. The summed E-state index contributed by atoms with van der Waals surface area (Å²) in [5, 5.41) is 17.6. The fourth-order valence-electron chi connectivity index (χ4n) is 2.92. The van der Waals surface area contributed by atoms with Crippen molar-refractivity contribution in [3.05, 3.63) is 11.9 Å². The molecule has 1 N–H and O–H groups in total. The highest BCUT2D eigenvalue weighted by atomic mass is 16.8. The normalized spacial score (nSPS) is 32.3. The maximum absolute atomic E-state index is 9.43. The highest BCUT2D eigenvalue weighted by molar-refractivity contribution is 4.96. The summed E-state index contributed by atoms with van der Waals surface area (Å²) in [6, 6.07) is 0. The van der Waals surface area contributed by atoms with E-state index in [1.807, 2.05) is 24.7 Å². The van der Waals surface area contributed by atoms with Gasteiger partial charge in [0.2, 0.25) is 0 Å². The van der Waals surface area contributed by atoms with Gasteiger partial charge in [0.05, 0.1) is 19.4 Å². The molecule has 1 aromatic rings. The SMILES string of the molecule is CCCCn1cc(CO[C@@H]2O[C@H](CO)[C@H]3OC(C)(C)O[C@@H]23)nn1. The van der Waals surface area contributed by atoms with E-state index in [9.17, 15) is 5.11 Å². The van der Waals surface area contributed by atoms with Crippen molar-refractivity contribution in [2.45, 2.75) is 77.2 Å². The number of rotatable bonds is 7. The number of hydrogen-bond acceptors (Lipinski definition) is 7. The van der Waals surface area contributed by atoms with Crippen LogP contribution in [0.5, 0.6) is 0 Å².